The molecule has 1 amide bonds. The van der Waals surface area contributed by atoms with E-state index in [1.165, 1.54) is 11.1 Å². The van der Waals surface area contributed by atoms with Gasteiger partial charge in [0.25, 0.3) is 0 Å². The number of carboxylic acid groups (broad SMARTS) is 1. The van der Waals surface area contributed by atoms with E-state index in [1.54, 1.807) is 31.2 Å². The minimum absolute atomic E-state index is 0.00429. The third kappa shape index (κ3) is 3.48. The molecule has 0 radical (unpaired) electrons. The number of aryl methyl sites for hydroxylation is 1. The van der Waals surface area contributed by atoms with Gasteiger partial charge < -0.3 is 10.4 Å². The topological polar surface area (TPSA) is 66.4 Å². The first-order valence-corrected chi connectivity index (χ1v) is 8.25. The van der Waals surface area contributed by atoms with Crippen LogP contribution in [0.5, 0.6) is 0 Å². The molecule has 0 spiro atoms. The van der Waals surface area contributed by atoms with Crippen LogP contribution < -0.4 is 5.32 Å². The zero-order chi connectivity index (χ0) is 17.1. The molecule has 0 saturated carbocycles. The molecule has 1 aliphatic carbocycles. The van der Waals surface area contributed by atoms with Crippen LogP contribution in [0.1, 0.15) is 36.0 Å². The van der Waals surface area contributed by atoms with Crippen molar-refractivity contribution in [3.63, 3.8) is 0 Å². The van der Waals surface area contributed by atoms with Crippen molar-refractivity contribution in [2.45, 2.75) is 32.1 Å². The van der Waals surface area contributed by atoms with E-state index in [4.69, 9.17) is 5.11 Å². The average Bonchev–Trinajstić information content (AvgIpc) is 2.60. The summed E-state index contributed by atoms with van der Waals surface area (Å²) in [4.78, 5) is 23.7. The van der Waals surface area contributed by atoms with Crippen LogP contribution in [0.25, 0.3) is 0 Å². The highest BCUT2D eigenvalue weighted by molar-refractivity contribution is 5.93. The molecule has 0 bridgehead atoms. The van der Waals surface area contributed by atoms with E-state index in [-0.39, 0.29) is 11.8 Å². The van der Waals surface area contributed by atoms with Gasteiger partial charge in [-0.1, -0.05) is 36.4 Å². The SMILES string of the molecule is CC(C(=O)O)c1cccc(NC(=O)C2CCc3ccccc3C2)c1. The molecule has 0 aliphatic heterocycles. The van der Waals surface area contributed by atoms with E-state index < -0.39 is 11.9 Å². The molecule has 0 fully saturated rings. The summed E-state index contributed by atoms with van der Waals surface area (Å²) in [5.74, 6) is -1.50. The molecule has 24 heavy (non-hydrogen) atoms. The number of aliphatic carboxylic acids is 1. The Hall–Kier alpha value is -2.62. The van der Waals surface area contributed by atoms with Crippen LogP contribution in [-0.2, 0) is 22.4 Å². The summed E-state index contributed by atoms with van der Waals surface area (Å²) in [6.45, 7) is 1.64. The fraction of sp³-hybridized carbons (Fsp3) is 0.300. The van der Waals surface area contributed by atoms with Gasteiger partial charge in [-0.15, -0.1) is 0 Å². The van der Waals surface area contributed by atoms with Gasteiger partial charge in [0.2, 0.25) is 5.91 Å². The molecule has 4 nitrogen and oxygen atoms in total. The quantitative estimate of drug-likeness (QED) is 0.903. The number of fused-ring (bicyclic) bond motifs is 1. The largest absolute Gasteiger partial charge is 0.481 e. The number of nitrogens with one attached hydrogen (secondary N) is 1. The number of hydrogen-bond acceptors (Lipinski definition) is 2. The van der Waals surface area contributed by atoms with Gasteiger partial charge in [0.15, 0.2) is 0 Å². The number of rotatable bonds is 4. The average molecular weight is 323 g/mol. The third-order valence-electron chi connectivity index (χ3n) is 4.74. The molecule has 2 atom stereocenters. The van der Waals surface area contributed by atoms with Gasteiger partial charge in [-0.3, -0.25) is 9.59 Å². The van der Waals surface area contributed by atoms with Gasteiger partial charge in [-0.05, 0) is 55.0 Å². The molecule has 2 N–H and O–H groups in total. The normalized spacial score (nSPS) is 17.6. The van der Waals surface area contributed by atoms with Crippen LogP contribution in [0, 0.1) is 5.92 Å². The van der Waals surface area contributed by atoms with Gasteiger partial charge in [-0.2, -0.15) is 0 Å². The van der Waals surface area contributed by atoms with Crippen molar-refractivity contribution >= 4 is 17.6 Å². The van der Waals surface area contributed by atoms with Gasteiger partial charge in [-0.25, -0.2) is 0 Å². The van der Waals surface area contributed by atoms with E-state index in [1.807, 2.05) is 12.1 Å². The van der Waals surface area contributed by atoms with Crippen LogP contribution in [0.15, 0.2) is 48.5 Å². The number of carboxylic acids is 1. The Kier molecular flexibility index (Phi) is 4.65. The Morgan fingerprint density at radius 3 is 2.62 bits per heavy atom. The maximum Gasteiger partial charge on any atom is 0.310 e. The van der Waals surface area contributed by atoms with Crippen LogP contribution >= 0.6 is 0 Å². The smallest absolute Gasteiger partial charge is 0.310 e. The summed E-state index contributed by atoms with van der Waals surface area (Å²) in [5, 5.41) is 12.1. The first-order valence-electron chi connectivity index (χ1n) is 8.25. The van der Waals surface area contributed by atoms with Gasteiger partial charge in [0.1, 0.15) is 0 Å². The van der Waals surface area contributed by atoms with E-state index in [2.05, 4.69) is 17.4 Å². The Morgan fingerprint density at radius 1 is 1.12 bits per heavy atom. The van der Waals surface area contributed by atoms with E-state index in [9.17, 15) is 9.59 Å². The minimum atomic E-state index is -0.873. The maximum atomic E-state index is 12.6. The van der Waals surface area contributed by atoms with E-state index in [0.29, 0.717) is 11.3 Å². The predicted octanol–water partition coefficient (Wildman–Crippen LogP) is 3.62. The molecule has 3 rings (SSSR count). The van der Waals surface area contributed by atoms with Crippen LogP contribution in [0.2, 0.25) is 0 Å². The highest BCUT2D eigenvalue weighted by atomic mass is 16.4. The molecule has 124 valence electrons. The monoisotopic (exact) mass is 323 g/mol. The van der Waals surface area contributed by atoms with Crippen molar-refractivity contribution in [3.8, 4) is 0 Å². The van der Waals surface area contributed by atoms with Crippen LogP contribution in [-0.4, -0.2) is 17.0 Å². The van der Waals surface area contributed by atoms with Crippen molar-refractivity contribution in [1.29, 1.82) is 0 Å². The van der Waals surface area contributed by atoms with Gasteiger partial charge in [0, 0.05) is 11.6 Å². The van der Waals surface area contributed by atoms with Crippen LogP contribution in [0.3, 0.4) is 0 Å². The lowest BCUT2D eigenvalue weighted by Crippen LogP contribution is -2.28. The fourth-order valence-electron chi connectivity index (χ4n) is 3.19. The highest BCUT2D eigenvalue weighted by Crippen LogP contribution is 2.27. The van der Waals surface area contributed by atoms with Crippen LogP contribution in [0.4, 0.5) is 5.69 Å². The van der Waals surface area contributed by atoms with Crippen molar-refractivity contribution in [2.75, 3.05) is 5.32 Å². The number of amides is 1. The summed E-state index contributed by atoms with van der Waals surface area (Å²) < 4.78 is 0. The summed E-state index contributed by atoms with van der Waals surface area (Å²) in [7, 11) is 0. The number of carbonyl (C=O) groups excluding carboxylic acids is 1. The molecule has 0 aromatic heterocycles. The lowest BCUT2D eigenvalue weighted by Gasteiger charge is -2.24. The molecular weight excluding hydrogens is 302 g/mol. The minimum Gasteiger partial charge on any atom is -0.481 e. The van der Waals surface area contributed by atoms with E-state index >= 15 is 0 Å². The first-order chi connectivity index (χ1) is 11.5. The molecule has 2 aromatic carbocycles. The zero-order valence-electron chi connectivity index (χ0n) is 13.7. The first kappa shape index (κ1) is 16.2. The third-order valence-corrected chi connectivity index (χ3v) is 4.74. The maximum absolute atomic E-state index is 12.6. The predicted molar refractivity (Wildman–Crippen MR) is 93.1 cm³/mol. The molecule has 0 saturated heterocycles. The van der Waals surface area contributed by atoms with Crippen molar-refractivity contribution in [3.05, 3.63) is 65.2 Å². The lowest BCUT2D eigenvalue weighted by atomic mass is 9.83. The number of carbonyl (C=O) groups is 2. The van der Waals surface area contributed by atoms with Crippen molar-refractivity contribution in [1.82, 2.24) is 0 Å². The molecule has 0 heterocycles. The zero-order valence-corrected chi connectivity index (χ0v) is 13.7. The Labute approximate surface area is 141 Å². The van der Waals surface area contributed by atoms with Gasteiger partial charge in [0.05, 0.1) is 5.92 Å². The van der Waals surface area contributed by atoms with Crippen molar-refractivity contribution in [2.24, 2.45) is 5.92 Å². The van der Waals surface area contributed by atoms with Crippen molar-refractivity contribution < 1.29 is 14.7 Å². The second-order valence-corrected chi connectivity index (χ2v) is 6.38. The highest BCUT2D eigenvalue weighted by Gasteiger charge is 2.24. The molecule has 2 unspecified atom stereocenters. The number of benzene rings is 2. The summed E-state index contributed by atoms with van der Waals surface area (Å²) in [6.07, 6.45) is 2.52. The summed E-state index contributed by atoms with van der Waals surface area (Å²) >= 11 is 0. The Morgan fingerprint density at radius 2 is 1.88 bits per heavy atom. The Balaban J connectivity index is 1.70. The fourth-order valence-corrected chi connectivity index (χ4v) is 3.19. The molecule has 2 aromatic rings. The molecule has 1 aliphatic rings. The van der Waals surface area contributed by atoms with Gasteiger partial charge >= 0.3 is 5.97 Å². The second kappa shape index (κ2) is 6.87. The van der Waals surface area contributed by atoms with E-state index in [0.717, 1.165) is 19.3 Å². The lowest BCUT2D eigenvalue weighted by molar-refractivity contribution is -0.138. The number of hydrogen-bond donors (Lipinski definition) is 2. The summed E-state index contributed by atoms with van der Waals surface area (Å²) in [5.41, 5.74) is 3.93. The second-order valence-electron chi connectivity index (χ2n) is 6.38. The standard InChI is InChI=1S/C20H21NO3/c1-13(20(23)24)15-7-4-8-18(12-15)21-19(22)17-10-9-14-5-2-3-6-16(14)11-17/h2-8,12-13,17H,9-11H2,1H3,(H,21,22)(H,23,24). The molecule has 4 heteroatoms. The summed E-state index contributed by atoms with van der Waals surface area (Å²) in [6, 6.07) is 15.3. The number of anilines is 1. The Bertz CT molecular complexity index is 769. The molecular formula is C20H21NO3.